The van der Waals surface area contributed by atoms with E-state index in [1.54, 1.807) is 31.3 Å². The van der Waals surface area contributed by atoms with E-state index in [9.17, 15) is 20.0 Å². The van der Waals surface area contributed by atoms with Gasteiger partial charge in [-0.05, 0) is 18.2 Å². The third-order valence-corrected chi connectivity index (χ3v) is 4.02. The van der Waals surface area contributed by atoms with Gasteiger partial charge >= 0.3 is 5.91 Å². The topological polar surface area (TPSA) is 129 Å². The van der Waals surface area contributed by atoms with Gasteiger partial charge in [-0.1, -0.05) is 12.1 Å². The Labute approximate surface area is 158 Å². The molecular formula is C18H16N4O6. The number of non-ortho nitro benzene ring substituents is 1. The molecule has 1 N–H and O–H groups in total. The summed E-state index contributed by atoms with van der Waals surface area (Å²) in [5, 5.41) is 28.8. The third kappa shape index (κ3) is 3.61. The van der Waals surface area contributed by atoms with Gasteiger partial charge in [0.1, 0.15) is 0 Å². The predicted molar refractivity (Wildman–Crippen MR) is 99.3 cm³/mol. The minimum atomic E-state index is -0.701. The fourth-order valence-corrected chi connectivity index (χ4v) is 2.62. The molecule has 0 aliphatic rings. The van der Waals surface area contributed by atoms with Crippen molar-refractivity contribution in [2.75, 3.05) is 13.7 Å². The number of ether oxygens (including phenoxy) is 2. The second-order valence-electron chi connectivity index (χ2n) is 5.72. The van der Waals surface area contributed by atoms with Gasteiger partial charge < -0.3 is 19.1 Å². The first-order chi connectivity index (χ1) is 13.4. The second-order valence-corrected chi connectivity index (χ2v) is 5.72. The molecule has 0 radical (unpaired) electrons. The maximum atomic E-state index is 12.0. The Morgan fingerprint density at radius 3 is 2.64 bits per heavy atom. The number of nitrogens with zero attached hydrogens (tertiary/aromatic N) is 4. The number of aryl methyl sites for hydroxylation is 1. The molecule has 0 aliphatic carbocycles. The van der Waals surface area contributed by atoms with Crippen molar-refractivity contribution in [3.63, 3.8) is 0 Å². The molecule has 0 saturated carbocycles. The number of methoxy groups -OCH3 is 1. The van der Waals surface area contributed by atoms with Crippen LogP contribution in [0.25, 0.3) is 10.9 Å². The van der Waals surface area contributed by atoms with E-state index in [-0.39, 0.29) is 17.3 Å². The number of nitro groups is 1. The monoisotopic (exact) mass is 384 g/mol. The lowest BCUT2D eigenvalue weighted by Crippen LogP contribution is -2.08. The molecule has 28 heavy (non-hydrogen) atoms. The van der Waals surface area contributed by atoms with E-state index < -0.39 is 17.4 Å². The zero-order chi connectivity index (χ0) is 20.3. The minimum Gasteiger partial charge on any atom is -0.493 e. The van der Waals surface area contributed by atoms with Crippen LogP contribution in [0, 0.1) is 10.1 Å². The molecule has 0 bridgehead atoms. The highest BCUT2D eigenvalue weighted by Crippen LogP contribution is 2.39. The number of para-hydroxylation sites is 2. The molecule has 144 valence electrons. The van der Waals surface area contributed by atoms with E-state index in [4.69, 9.17) is 9.47 Å². The molecule has 3 aromatic rings. The number of hydrogen-bond donors (Lipinski definition) is 1. The molecule has 2 aromatic carbocycles. The average Bonchev–Trinajstić information content (AvgIpc) is 2.94. The molecule has 10 nitrogen and oxygen atoms in total. The van der Waals surface area contributed by atoms with Crippen molar-refractivity contribution in [3.05, 3.63) is 52.6 Å². The van der Waals surface area contributed by atoms with Gasteiger partial charge in [0.05, 0.1) is 17.5 Å². The Morgan fingerprint density at radius 2 is 1.96 bits per heavy atom. The summed E-state index contributed by atoms with van der Waals surface area (Å²) in [6.07, 6.45) is 0. The molecular weight excluding hydrogens is 368 g/mol. The van der Waals surface area contributed by atoms with E-state index in [1.807, 2.05) is 0 Å². The number of azo groups is 1. The maximum absolute atomic E-state index is 12.0. The number of carbonyl (C=O) groups excluding carboxylic acids is 1. The summed E-state index contributed by atoms with van der Waals surface area (Å²) in [4.78, 5) is 22.4. The Bertz CT molecular complexity index is 1090. The van der Waals surface area contributed by atoms with Crippen molar-refractivity contribution in [2.45, 2.75) is 0 Å². The van der Waals surface area contributed by atoms with Gasteiger partial charge in [-0.15, -0.1) is 10.2 Å². The number of hydrogen-bond acceptors (Lipinski definition) is 7. The van der Waals surface area contributed by atoms with Crippen molar-refractivity contribution >= 4 is 28.2 Å². The summed E-state index contributed by atoms with van der Waals surface area (Å²) >= 11 is 0. The minimum absolute atomic E-state index is 0.0353. The van der Waals surface area contributed by atoms with Crippen LogP contribution in [-0.4, -0.2) is 34.2 Å². The number of aromatic hydroxyl groups is 1. The highest BCUT2D eigenvalue weighted by atomic mass is 16.6. The van der Waals surface area contributed by atoms with Gasteiger partial charge in [-0.25, -0.2) is 0 Å². The van der Waals surface area contributed by atoms with Crippen LogP contribution in [0.4, 0.5) is 11.4 Å². The zero-order valence-corrected chi connectivity index (χ0v) is 15.0. The average molecular weight is 384 g/mol. The highest BCUT2D eigenvalue weighted by Gasteiger charge is 2.18. The van der Waals surface area contributed by atoms with Crippen molar-refractivity contribution in [3.8, 4) is 17.4 Å². The van der Waals surface area contributed by atoms with Crippen LogP contribution in [0.15, 0.2) is 52.7 Å². The Morgan fingerprint density at radius 1 is 1.25 bits per heavy atom. The molecule has 0 fully saturated rings. The molecule has 0 aliphatic heterocycles. The summed E-state index contributed by atoms with van der Waals surface area (Å²) < 4.78 is 11.9. The van der Waals surface area contributed by atoms with Crippen molar-refractivity contribution < 1.29 is 24.3 Å². The van der Waals surface area contributed by atoms with Gasteiger partial charge in [-0.3, -0.25) is 14.9 Å². The van der Waals surface area contributed by atoms with Crippen LogP contribution in [0.2, 0.25) is 0 Å². The fourth-order valence-electron chi connectivity index (χ4n) is 2.62. The van der Waals surface area contributed by atoms with Gasteiger partial charge in [-0.2, -0.15) is 0 Å². The lowest BCUT2D eigenvalue weighted by Gasteiger charge is -2.07. The Hall–Kier alpha value is -3.95. The molecule has 0 saturated heterocycles. The lowest BCUT2D eigenvalue weighted by atomic mass is 10.2. The van der Waals surface area contributed by atoms with E-state index in [1.165, 1.54) is 29.9 Å². The van der Waals surface area contributed by atoms with Crippen LogP contribution >= 0.6 is 0 Å². The number of fused-ring (bicyclic) bond motifs is 1. The van der Waals surface area contributed by atoms with Crippen molar-refractivity contribution in [2.24, 2.45) is 17.3 Å². The van der Waals surface area contributed by atoms with E-state index in [0.717, 1.165) is 0 Å². The predicted octanol–water partition coefficient (Wildman–Crippen LogP) is 3.49. The summed E-state index contributed by atoms with van der Waals surface area (Å²) in [5.74, 6) is -0.131. The highest BCUT2D eigenvalue weighted by molar-refractivity contribution is 5.96. The Balaban J connectivity index is 1.82. The number of rotatable bonds is 6. The first-order valence-electron chi connectivity index (χ1n) is 8.08. The molecule has 10 heteroatoms. The zero-order valence-electron chi connectivity index (χ0n) is 15.0. The first-order valence-corrected chi connectivity index (χ1v) is 8.08. The van der Waals surface area contributed by atoms with Gasteiger partial charge in [0.15, 0.2) is 23.8 Å². The van der Waals surface area contributed by atoms with Crippen molar-refractivity contribution in [1.82, 2.24) is 4.57 Å². The fraction of sp³-hybridized carbons (Fsp3) is 0.167. The van der Waals surface area contributed by atoms with Crippen LogP contribution in [0.5, 0.6) is 17.4 Å². The van der Waals surface area contributed by atoms with Crippen LogP contribution in [0.3, 0.4) is 0 Å². The molecule has 1 amide bonds. The number of nitro benzene ring substituents is 1. The number of aromatic nitrogens is 1. The standard InChI is InChI=1S/C18H16N4O6/c1-21-13-8-7-11(22(25)26)9-12(13)17(18(21)24)20-19-16(23)10-28-15-6-4-3-5-14(15)27-2/h3-9,24H,10H2,1-2H3. The summed E-state index contributed by atoms with van der Waals surface area (Å²) in [6, 6.07) is 10.9. The van der Waals surface area contributed by atoms with Crippen molar-refractivity contribution in [1.29, 1.82) is 0 Å². The van der Waals surface area contributed by atoms with E-state index in [0.29, 0.717) is 22.4 Å². The van der Waals surface area contributed by atoms with Crippen LogP contribution in [0.1, 0.15) is 0 Å². The largest absolute Gasteiger partial charge is 0.493 e. The smallest absolute Gasteiger partial charge is 0.302 e. The molecule has 1 heterocycles. The maximum Gasteiger partial charge on any atom is 0.302 e. The molecule has 3 rings (SSSR count). The summed E-state index contributed by atoms with van der Waals surface area (Å²) in [7, 11) is 3.04. The van der Waals surface area contributed by atoms with E-state index >= 15 is 0 Å². The lowest BCUT2D eigenvalue weighted by molar-refractivity contribution is -0.384. The molecule has 0 spiro atoms. The number of carbonyl (C=O) groups is 1. The van der Waals surface area contributed by atoms with Gasteiger partial charge in [0.25, 0.3) is 5.69 Å². The van der Waals surface area contributed by atoms with Crippen LogP contribution < -0.4 is 9.47 Å². The second kappa shape index (κ2) is 7.74. The van der Waals surface area contributed by atoms with Gasteiger partial charge in [0, 0.05) is 24.6 Å². The number of amides is 1. The molecule has 1 aromatic heterocycles. The quantitative estimate of drug-likeness (QED) is 0.393. The normalized spacial score (nSPS) is 11.1. The number of benzene rings is 2. The molecule has 0 atom stereocenters. The van der Waals surface area contributed by atoms with Crippen LogP contribution in [-0.2, 0) is 11.8 Å². The third-order valence-electron chi connectivity index (χ3n) is 4.02. The summed E-state index contributed by atoms with van der Waals surface area (Å²) in [5.41, 5.74) is 0.307. The van der Waals surface area contributed by atoms with Gasteiger partial charge in [0.2, 0.25) is 5.88 Å². The first kappa shape index (κ1) is 18.8. The summed E-state index contributed by atoms with van der Waals surface area (Å²) in [6.45, 7) is -0.393. The molecule has 0 unspecified atom stereocenters. The SMILES string of the molecule is COc1ccccc1OCC(=O)N=Nc1c(O)n(C)c2ccc([N+](=O)[O-])cc12. The van der Waals surface area contributed by atoms with E-state index in [2.05, 4.69) is 10.2 Å². The Kier molecular flexibility index (Phi) is 5.21.